The summed E-state index contributed by atoms with van der Waals surface area (Å²) in [4.78, 5) is 23.1. The van der Waals surface area contributed by atoms with Gasteiger partial charge in [0, 0.05) is 14.1 Å². The maximum absolute atomic E-state index is 11.5. The van der Waals surface area contributed by atoms with Crippen LogP contribution in [0.25, 0.3) is 0 Å². The second-order valence-corrected chi connectivity index (χ2v) is 3.07. The molecule has 0 aliphatic carbocycles. The fraction of sp³-hybridized carbons (Fsp3) is 0.273. The molecule has 0 heterocycles. The van der Waals surface area contributed by atoms with Gasteiger partial charge in [-0.05, 0) is 5.56 Å². The molecule has 0 unspecified atom stereocenters. The molecule has 1 rings (SSSR count). The second kappa shape index (κ2) is 5.14. The lowest BCUT2D eigenvalue weighted by Gasteiger charge is -2.13. The molecule has 1 aromatic carbocycles. The molecule has 0 aliphatic heterocycles. The number of benzene rings is 1. The molecule has 0 spiro atoms. The topological polar surface area (TPSA) is 58.2 Å². The van der Waals surface area contributed by atoms with E-state index in [1.807, 2.05) is 6.07 Å². The molecule has 0 bridgehead atoms. The Kier molecular flexibility index (Phi) is 3.85. The van der Waals surface area contributed by atoms with Crippen molar-refractivity contribution in [3.8, 4) is 0 Å². The summed E-state index contributed by atoms with van der Waals surface area (Å²) in [6, 6.07) is 8.96. The number of carbonyl (C=O) groups is 2. The maximum Gasteiger partial charge on any atom is 0.236 e. The van der Waals surface area contributed by atoms with Gasteiger partial charge in [0.1, 0.15) is 5.92 Å². The van der Waals surface area contributed by atoms with Crippen molar-refractivity contribution in [1.82, 2.24) is 10.6 Å². The van der Waals surface area contributed by atoms with E-state index >= 15 is 0 Å². The summed E-state index contributed by atoms with van der Waals surface area (Å²) in [6.07, 6.45) is 0. The highest BCUT2D eigenvalue weighted by atomic mass is 16.2. The number of hydrogen-bond donors (Lipinski definition) is 2. The largest absolute Gasteiger partial charge is 0.358 e. The van der Waals surface area contributed by atoms with Crippen molar-refractivity contribution in [2.45, 2.75) is 5.92 Å². The number of likely N-dealkylation sites (N-methyl/N-ethyl adjacent to an activating group) is 2. The summed E-state index contributed by atoms with van der Waals surface area (Å²) >= 11 is 0. The lowest BCUT2D eigenvalue weighted by Crippen LogP contribution is -2.36. The molecule has 0 aliphatic rings. The number of rotatable bonds is 3. The predicted molar refractivity (Wildman–Crippen MR) is 57.3 cm³/mol. The second-order valence-electron chi connectivity index (χ2n) is 3.07. The fourth-order valence-electron chi connectivity index (χ4n) is 1.36. The zero-order valence-electron chi connectivity index (χ0n) is 8.78. The fourth-order valence-corrected chi connectivity index (χ4v) is 1.36. The van der Waals surface area contributed by atoms with Crippen LogP contribution in [0, 0.1) is 0 Å². The normalized spacial score (nSPS) is 9.80. The highest BCUT2D eigenvalue weighted by molar-refractivity contribution is 6.05. The van der Waals surface area contributed by atoms with Gasteiger partial charge in [0.2, 0.25) is 11.8 Å². The Morgan fingerprint density at radius 3 is 1.87 bits per heavy atom. The Hall–Kier alpha value is -1.84. The zero-order chi connectivity index (χ0) is 11.3. The number of hydrogen-bond acceptors (Lipinski definition) is 2. The van der Waals surface area contributed by atoms with Gasteiger partial charge < -0.3 is 10.6 Å². The van der Waals surface area contributed by atoms with Crippen LogP contribution in [0.5, 0.6) is 0 Å². The Morgan fingerprint density at radius 2 is 1.47 bits per heavy atom. The Labute approximate surface area is 88.7 Å². The van der Waals surface area contributed by atoms with Gasteiger partial charge in [-0.15, -0.1) is 0 Å². The molecule has 2 amide bonds. The van der Waals surface area contributed by atoms with Crippen molar-refractivity contribution in [3.63, 3.8) is 0 Å². The summed E-state index contributed by atoms with van der Waals surface area (Å²) in [5.41, 5.74) is 0.691. The molecule has 0 atom stereocenters. The van der Waals surface area contributed by atoms with E-state index in [4.69, 9.17) is 0 Å². The SMILES string of the molecule is CNC(=O)C(C(=O)NC)c1ccccc1. The monoisotopic (exact) mass is 206 g/mol. The molecule has 0 fully saturated rings. The van der Waals surface area contributed by atoms with Crippen LogP contribution < -0.4 is 10.6 Å². The zero-order valence-corrected chi connectivity index (χ0v) is 8.78. The average Bonchev–Trinajstić information content (AvgIpc) is 2.30. The Morgan fingerprint density at radius 1 is 1.00 bits per heavy atom. The molecular formula is C11H14N2O2. The first-order chi connectivity index (χ1) is 7.20. The molecule has 0 saturated carbocycles. The van der Waals surface area contributed by atoms with Gasteiger partial charge in [-0.2, -0.15) is 0 Å². The minimum atomic E-state index is -0.777. The lowest BCUT2D eigenvalue weighted by atomic mass is 9.97. The molecule has 0 radical (unpaired) electrons. The number of nitrogens with one attached hydrogen (secondary N) is 2. The average molecular weight is 206 g/mol. The van der Waals surface area contributed by atoms with E-state index in [9.17, 15) is 9.59 Å². The number of amides is 2. The summed E-state index contributed by atoms with van der Waals surface area (Å²) in [7, 11) is 3.03. The van der Waals surface area contributed by atoms with Gasteiger partial charge in [-0.3, -0.25) is 9.59 Å². The van der Waals surface area contributed by atoms with Crippen LogP contribution in [-0.4, -0.2) is 25.9 Å². The first-order valence-electron chi connectivity index (χ1n) is 4.68. The van der Waals surface area contributed by atoms with Crippen LogP contribution >= 0.6 is 0 Å². The third-order valence-electron chi connectivity index (χ3n) is 2.15. The summed E-state index contributed by atoms with van der Waals surface area (Å²) < 4.78 is 0. The van der Waals surface area contributed by atoms with Crippen LogP contribution in [0.2, 0.25) is 0 Å². The number of carbonyl (C=O) groups excluding carboxylic acids is 2. The van der Waals surface area contributed by atoms with Crippen LogP contribution in [0.1, 0.15) is 11.5 Å². The molecule has 1 aromatic rings. The summed E-state index contributed by atoms with van der Waals surface area (Å²) in [5.74, 6) is -1.39. The smallest absolute Gasteiger partial charge is 0.236 e. The van der Waals surface area contributed by atoms with Gasteiger partial charge in [0.05, 0.1) is 0 Å². The highest BCUT2D eigenvalue weighted by Gasteiger charge is 2.26. The van der Waals surface area contributed by atoms with Crippen molar-refractivity contribution in [2.24, 2.45) is 0 Å². The van der Waals surface area contributed by atoms with E-state index in [-0.39, 0.29) is 11.8 Å². The summed E-state index contributed by atoms with van der Waals surface area (Å²) in [6.45, 7) is 0. The van der Waals surface area contributed by atoms with E-state index < -0.39 is 5.92 Å². The van der Waals surface area contributed by atoms with E-state index in [1.165, 1.54) is 14.1 Å². The molecule has 4 heteroatoms. The van der Waals surface area contributed by atoms with Crippen molar-refractivity contribution < 1.29 is 9.59 Å². The summed E-state index contributed by atoms with van der Waals surface area (Å²) in [5, 5.41) is 4.96. The van der Waals surface area contributed by atoms with Gasteiger partial charge >= 0.3 is 0 Å². The van der Waals surface area contributed by atoms with E-state index in [0.29, 0.717) is 5.56 Å². The molecule has 0 aromatic heterocycles. The third-order valence-corrected chi connectivity index (χ3v) is 2.15. The molecule has 80 valence electrons. The minimum Gasteiger partial charge on any atom is -0.358 e. The standard InChI is InChI=1S/C11H14N2O2/c1-12-10(14)9(11(15)13-2)8-6-4-3-5-7-8/h3-7,9H,1-2H3,(H,12,14)(H,13,15). The minimum absolute atomic E-state index is 0.305. The van der Waals surface area contributed by atoms with Gasteiger partial charge in [-0.1, -0.05) is 30.3 Å². The van der Waals surface area contributed by atoms with Crippen molar-refractivity contribution in [1.29, 1.82) is 0 Å². The first kappa shape index (κ1) is 11.2. The molecule has 2 N–H and O–H groups in total. The van der Waals surface area contributed by atoms with Gasteiger partial charge in [0.25, 0.3) is 0 Å². The Bertz CT molecular complexity index is 333. The van der Waals surface area contributed by atoms with E-state index in [0.717, 1.165) is 0 Å². The highest BCUT2D eigenvalue weighted by Crippen LogP contribution is 2.15. The third kappa shape index (κ3) is 2.56. The molecule has 0 saturated heterocycles. The van der Waals surface area contributed by atoms with Gasteiger partial charge in [-0.25, -0.2) is 0 Å². The maximum atomic E-state index is 11.5. The van der Waals surface area contributed by atoms with Crippen molar-refractivity contribution in [3.05, 3.63) is 35.9 Å². The van der Waals surface area contributed by atoms with Crippen LogP contribution in [0.4, 0.5) is 0 Å². The Balaban J connectivity index is 3.02. The van der Waals surface area contributed by atoms with E-state index in [2.05, 4.69) is 10.6 Å². The van der Waals surface area contributed by atoms with Crippen LogP contribution in [0.15, 0.2) is 30.3 Å². The van der Waals surface area contributed by atoms with Gasteiger partial charge in [0.15, 0.2) is 0 Å². The quantitative estimate of drug-likeness (QED) is 0.697. The van der Waals surface area contributed by atoms with Crippen LogP contribution in [0.3, 0.4) is 0 Å². The predicted octanol–water partition coefficient (Wildman–Crippen LogP) is 0.262. The first-order valence-corrected chi connectivity index (χ1v) is 4.68. The van der Waals surface area contributed by atoms with Crippen LogP contribution in [-0.2, 0) is 9.59 Å². The van der Waals surface area contributed by atoms with Crippen molar-refractivity contribution >= 4 is 11.8 Å². The lowest BCUT2D eigenvalue weighted by molar-refractivity contribution is -0.131. The molecular weight excluding hydrogens is 192 g/mol. The van der Waals surface area contributed by atoms with Crippen molar-refractivity contribution in [2.75, 3.05) is 14.1 Å². The molecule has 15 heavy (non-hydrogen) atoms. The molecule has 4 nitrogen and oxygen atoms in total. The van der Waals surface area contributed by atoms with E-state index in [1.54, 1.807) is 24.3 Å².